The zero-order valence-electron chi connectivity index (χ0n) is 14.8. The lowest BCUT2D eigenvalue weighted by Crippen LogP contribution is -2.50. The van der Waals surface area contributed by atoms with E-state index in [1.54, 1.807) is 23.2 Å². The maximum Gasteiger partial charge on any atom is 0.256 e. The molecule has 2 heterocycles. The van der Waals surface area contributed by atoms with Gasteiger partial charge in [-0.1, -0.05) is 30.3 Å². The molecule has 0 radical (unpaired) electrons. The molecule has 0 aliphatic carbocycles. The number of Topliss-reactive ketones (excluding diaryl/α,β-unsaturated/α-hetero) is 1. The van der Waals surface area contributed by atoms with Crippen LogP contribution in [0.3, 0.4) is 0 Å². The molecule has 3 aromatic rings. The Balaban J connectivity index is 1.37. The Morgan fingerprint density at radius 1 is 0.926 bits per heavy atom. The van der Waals surface area contributed by atoms with Crippen LogP contribution in [-0.4, -0.2) is 59.2 Å². The molecule has 138 valence electrons. The second-order valence-corrected chi connectivity index (χ2v) is 6.72. The number of rotatable bonds is 4. The van der Waals surface area contributed by atoms with Crippen LogP contribution in [0.2, 0.25) is 0 Å². The number of para-hydroxylation sites is 1. The van der Waals surface area contributed by atoms with Crippen molar-refractivity contribution in [2.24, 2.45) is 0 Å². The number of carbonyl (C=O) groups is 2. The lowest BCUT2D eigenvalue weighted by Gasteiger charge is -2.34. The van der Waals surface area contributed by atoms with Crippen LogP contribution in [0.25, 0.3) is 10.9 Å². The SMILES string of the molecule is O=C(CN1CCN(C(=O)c2ccccc2F)CC1)c1c[nH]c2ccccc12. The number of hydrogen-bond donors (Lipinski definition) is 1. The van der Waals surface area contributed by atoms with Gasteiger partial charge in [0.25, 0.3) is 5.91 Å². The second-order valence-electron chi connectivity index (χ2n) is 6.72. The summed E-state index contributed by atoms with van der Waals surface area (Å²) in [6.07, 6.45) is 1.75. The van der Waals surface area contributed by atoms with E-state index < -0.39 is 5.82 Å². The number of piperazine rings is 1. The monoisotopic (exact) mass is 365 g/mol. The maximum atomic E-state index is 13.8. The van der Waals surface area contributed by atoms with Gasteiger partial charge in [-0.2, -0.15) is 0 Å². The van der Waals surface area contributed by atoms with E-state index in [0.29, 0.717) is 38.3 Å². The second kappa shape index (κ2) is 7.32. The Bertz CT molecular complexity index is 990. The molecule has 1 saturated heterocycles. The highest BCUT2D eigenvalue weighted by Crippen LogP contribution is 2.19. The highest BCUT2D eigenvalue weighted by atomic mass is 19.1. The Morgan fingerprint density at radius 3 is 2.41 bits per heavy atom. The molecule has 6 heteroatoms. The summed E-state index contributed by atoms with van der Waals surface area (Å²) in [6, 6.07) is 13.8. The van der Waals surface area contributed by atoms with Crippen LogP contribution in [0, 0.1) is 5.82 Å². The van der Waals surface area contributed by atoms with Gasteiger partial charge in [0.15, 0.2) is 5.78 Å². The van der Waals surface area contributed by atoms with Gasteiger partial charge in [-0.25, -0.2) is 4.39 Å². The van der Waals surface area contributed by atoms with Crippen LogP contribution < -0.4 is 0 Å². The van der Waals surface area contributed by atoms with E-state index >= 15 is 0 Å². The quantitative estimate of drug-likeness (QED) is 0.724. The molecular formula is C21H20FN3O2. The van der Waals surface area contributed by atoms with Crippen molar-refractivity contribution < 1.29 is 14.0 Å². The third-order valence-corrected chi connectivity index (χ3v) is 5.02. The number of aromatic nitrogens is 1. The summed E-state index contributed by atoms with van der Waals surface area (Å²) >= 11 is 0. The van der Waals surface area contributed by atoms with E-state index in [9.17, 15) is 14.0 Å². The predicted molar refractivity (Wildman–Crippen MR) is 101 cm³/mol. The van der Waals surface area contributed by atoms with Crippen LogP contribution in [0.4, 0.5) is 4.39 Å². The summed E-state index contributed by atoms with van der Waals surface area (Å²) in [7, 11) is 0. The first-order chi connectivity index (χ1) is 13.1. The lowest BCUT2D eigenvalue weighted by molar-refractivity contribution is 0.0620. The molecular weight excluding hydrogens is 345 g/mol. The molecule has 0 spiro atoms. The van der Waals surface area contributed by atoms with E-state index in [0.717, 1.165) is 10.9 Å². The van der Waals surface area contributed by atoms with Crippen LogP contribution in [0.5, 0.6) is 0 Å². The fourth-order valence-electron chi connectivity index (χ4n) is 3.50. The molecule has 5 nitrogen and oxygen atoms in total. The van der Waals surface area contributed by atoms with Gasteiger partial charge in [0, 0.05) is 48.8 Å². The Labute approximate surface area is 156 Å². The molecule has 0 bridgehead atoms. The van der Waals surface area contributed by atoms with Crippen LogP contribution in [0.15, 0.2) is 54.7 Å². The van der Waals surface area contributed by atoms with Crippen molar-refractivity contribution >= 4 is 22.6 Å². The minimum atomic E-state index is -0.501. The summed E-state index contributed by atoms with van der Waals surface area (Å²) in [5.74, 6) is -0.739. The Kier molecular flexibility index (Phi) is 4.73. The minimum absolute atomic E-state index is 0.0568. The highest BCUT2D eigenvalue weighted by molar-refractivity contribution is 6.08. The van der Waals surface area contributed by atoms with Crippen LogP contribution in [0.1, 0.15) is 20.7 Å². The van der Waals surface area contributed by atoms with E-state index in [2.05, 4.69) is 4.98 Å². The van der Waals surface area contributed by atoms with Gasteiger partial charge < -0.3 is 9.88 Å². The van der Waals surface area contributed by atoms with Gasteiger partial charge in [-0.05, 0) is 18.2 Å². The summed E-state index contributed by atoms with van der Waals surface area (Å²) < 4.78 is 13.8. The van der Waals surface area contributed by atoms with Crippen molar-refractivity contribution in [3.63, 3.8) is 0 Å². The molecule has 0 atom stereocenters. The Hall–Kier alpha value is -2.99. The van der Waals surface area contributed by atoms with Crippen molar-refractivity contribution in [3.8, 4) is 0 Å². The molecule has 1 aliphatic rings. The average molecular weight is 365 g/mol. The number of H-pyrrole nitrogens is 1. The molecule has 0 unspecified atom stereocenters. The predicted octanol–water partition coefficient (Wildman–Crippen LogP) is 2.95. The number of aromatic amines is 1. The number of ketones is 1. The van der Waals surface area contributed by atoms with Gasteiger partial charge in [0.05, 0.1) is 12.1 Å². The fourth-order valence-corrected chi connectivity index (χ4v) is 3.50. The molecule has 1 aliphatic heterocycles. The molecule has 1 amide bonds. The van der Waals surface area contributed by atoms with Gasteiger partial charge in [-0.15, -0.1) is 0 Å². The molecule has 0 saturated carbocycles. The normalized spacial score (nSPS) is 15.2. The summed E-state index contributed by atoms with van der Waals surface area (Å²) in [5.41, 5.74) is 1.73. The van der Waals surface area contributed by atoms with Gasteiger partial charge in [0.1, 0.15) is 5.82 Å². The fraction of sp³-hybridized carbons (Fsp3) is 0.238. The number of fused-ring (bicyclic) bond motifs is 1. The van der Waals surface area contributed by atoms with Crippen LogP contribution in [-0.2, 0) is 0 Å². The first-order valence-electron chi connectivity index (χ1n) is 8.99. The highest BCUT2D eigenvalue weighted by Gasteiger charge is 2.25. The smallest absolute Gasteiger partial charge is 0.256 e. The summed E-state index contributed by atoms with van der Waals surface area (Å²) in [4.78, 5) is 32.0. The zero-order chi connectivity index (χ0) is 18.8. The molecule has 2 aromatic carbocycles. The molecule has 4 rings (SSSR count). The number of halogens is 1. The number of nitrogens with zero attached hydrogens (tertiary/aromatic N) is 2. The Morgan fingerprint density at radius 2 is 1.63 bits per heavy atom. The van der Waals surface area contributed by atoms with Crippen molar-refractivity contribution in [1.29, 1.82) is 0 Å². The first kappa shape index (κ1) is 17.4. The van der Waals surface area contributed by atoms with E-state index in [1.165, 1.54) is 12.1 Å². The largest absolute Gasteiger partial charge is 0.360 e. The molecule has 1 fully saturated rings. The number of carbonyl (C=O) groups excluding carboxylic acids is 2. The van der Waals surface area contributed by atoms with Crippen molar-refractivity contribution in [3.05, 3.63) is 71.7 Å². The van der Waals surface area contributed by atoms with Crippen LogP contribution >= 0.6 is 0 Å². The number of hydrogen-bond acceptors (Lipinski definition) is 3. The number of benzene rings is 2. The summed E-state index contributed by atoms with van der Waals surface area (Å²) in [6.45, 7) is 2.45. The minimum Gasteiger partial charge on any atom is -0.360 e. The van der Waals surface area contributed by atoms with Crippen molar-refractivity contribution in [2.45, 2.75) is 0 Å². The average Bonchev–Trinajstić information content (AvgIpc) is 3.13. The van der Waals surface area contributed by atoms with E-state index in [4.69, 9.17) is 0 Å². The maximum absolute atomic E-state index is 13.8. The van der Waals surface area contributed by atoms with Gasteiger partial charge in [-0.3, -0.25) is 14.5 Å². The first-order valence-corrected chi connectivity index (χ1v) is 8.99. The topological polar surface area (TPSA) is 56.4 Å². The molecule has 1 aromatic heterocycles. The van der Waals surface area contributed by atoms with Gasteiger partial charge >= 0.3 is 0 Å². The molecule has 27 heavy (non-hydrogen) atoms. The lowest BCUT2D eigenvalue weighted by atomic mass is 10.1. The number of nitrogens with one attached hydrogen (secondary N) is 1. The zero-order valence-corrected chi connectivity index (χ0v) is 14.8. The van der Waals surface area contributed by atoms with Crippen molar-refractivity contribution in [1.82, 2.24) is 14.8 Å². The third kappa shape index (κ3) is 3.48. The third-order valence-electron chi connectivity index (χ3n) is 5.02. The van der Waals surface area contributed by atoms with E-state index in [-0.39, 0.29) is 17.3 Å². The van der Waals surface area contributed by atoms with E-state index in [1.807, 2.05) is 29.2 Å². The van der Waals surface area contributed by atoms with Crippen molar-refractivity contribution in [2.75, 3.05) is 32.7 Å². The van der Waals surface area contributed by atoms with Gasteiger partial charge in [0.2, 0.25) is 0 Å². The summed E-state index contributed by atoms with van der Waals surface area (Å²) in [5, 5.41) is 0.927. The number of amides is 1. The molecule has 1 N–H and O–H groups in total. The standard InChI is InChI=1S/C21H20FN3O2/c22-18-7-3-1-6-16(18)21(27)25-11-9-24(10-12-25)14-20(26)17-13-23-19-8-4-2-5-15(17)19/h1-8,13,23H,9-12,14H2.